The van der Waals surface area contributed by atoms with Gasteiger partial charge in [0.15, 0.2) is 5.78 Å². The highest BCUT2D eigenvalue weighted by molar-refractivity contribution is 5.90. The number of halogens is 1. The van der Waals surface area contributed by atoms with Gasteiger partial charge in [-0.15, -0.1) is 0 Å². The third-order valence-corrected chi connectivity index (χ3v) is 7.11. The molecule has 2 aromatic carbocycles. The van der Waals surface area contributed by atoms with Crippen LogP contribution in [-0.2, 0) is 16.0 Å². The number of carbonyl (C=O) groups excluding carboxylic acids is 2. The minimum atomic E-state index is -1.07. The molecule has 2 aliphatic rings. The second kappa shape index (κ2) is 10.3. The molecular formula is C29H31FN2O5. The first-order chi connectivity index (χ1) is 17.5. The Balaban J connectivity index is 1.46. The molecule has 37 heavy (non-hydrogen) atoms. The Bertz CT molecular complexity index is 1260. The normalized spacial score (nSPS) is 21.4. The van der Waals surface area contributed by atoms with Crippen LogP contribution in [0.2, 0.25) is 0 Å². The lowest BCUT2D eigenvalue weighted by molar-refractivity contribution is -0.126. The molecule has 0 aromatic heterocycles. The topological polar surface area (TPSA) is 108 Å². The summed E-state index contributed by atoms with van der Waals surface area (Å²) in [5.74, 6) is -2.47. The molecule has 2 fully saturated rings. The first-order valence-electron chi connectivity index (χ1n) is 12.5. The number of carboxylic acids is 1. The van der Waals surface area contributed by atoms with Crippen molar-refractivity contribution in [2.45, 2.75) is 70.6 Å². The van der Waals surface area contributed by atoms with E-state index >= 15 is 0 Å². The lowest BCUT2D eigenvalue weighted by Gasteiger charge is -2.35. The second-order valence-electron chi connectivity index (χ2n) is 11.0. The minimum absolute atomic E-state index is 0.0287. The smallest absolute Gasteiger partial charge is 0.411 e. The van der Waals surface area contributed by atoms with Crippen LogP contribution in [0.25, 0.3) is 11.1 Å². The van der Waals surface area contributed by atoms with Crippen molar-refractivity contribution in [2.24, 2.45) is 11.8 Å². The van der Waals surface area contributed by atoms with E-state index in [0.29, 0.717) is 16.7 Å². The molecule has 8 heteroatoms. The fourth-order valence-electron chi connectivity index (χ4n) is 5.50. The van der Waals surface area contributed by atoms with E-state index in [9.17, 15) is 29.1 Å². The molecular weight excluding hydrogens is 475 g/mol. The van der Waals surface area contributed by atoms with Crippen LogP contribution in [0.4, 0.5) is 9.18 Å². The molecule has 1 saturated heterocycles. The Morgan fingerprint density at radius 3 is 2.54 bits per heavy atom. The Labute approximate surface area is 215 Å². The summed E-state index contributed by atoms with van der Waals surface area (Å²) in [7, 11) is 0. The van der Waals surface area contributed by atoms with E-state index in [2.05, 4.69) is 6.07 Å². The van der Waals surface area contributed by atoms with Crippen molar-refractivity contribution in [1.82, 2.24) is 4.90 Å². The van der Waals surface area contributed by atoms with Crippen molar-refractivity contribution in [3.8, 4) is 17.2 Å². The summed E-state index contributed by atoms with van der Waals surface area (Å²) >= 11 is 0. The monoisotopic (exact) mass is 506 g/mol. The summed E-state index contributed by atoms with van der Waals surface area (Å²) in [6, 6.07) is 12.3. The zero-order chi connectivity index (χ0) is 26.9. The molecule has 2 bridgehead atoms. The van der Waals surface area contributed by atoms with Gasteiger partial charge >= 0.3 is 12.1 Å². The van der Waals surface area contributed by atoms with Gasteiger partial charge in [-0.3, -0.25) is 9.69 Å². The summed E-state index contributed by atoms with van der Waals surface area (Å²) in [5, 5.41) is 19.0. The molecule has 1 saturated carbocycles. The molecule has 1 heterocycles. The quantitative estimate of drug-likeness (QED) is 0.522. The molecule has 2 aromatic rings. The van der Waals surface area contributed by atoms with Crippen LogP contribution in [0.3, 0.4) is 0 Å². The zero-order valence-corrected chi connectivity index (χ0v) is 21.2. The van der Waals surface area contributed by atoms with Gasteiger partial charge in [0, 0.05) is 12.5 Å². The number of fused-ring (bicyclic) bond motifs is 2. The maximum Gasteiger partial charge on any atom is 0.411 e. The van der Waals surface area contributed by atoms with Crippen LogP contribution in [0.1, 0.15) is 62.4 Å². The van der Waals surface area contributed by atoms with Gasteiger partial charge in [0.1, 0.15) is 11.4 Å². The Morgan fingerprint density at radius 2 is 1.89 bits per heavy atom. The van der Waals surface area contributed by atoms with Crippen LogP contribution in [0.5, 0.6) is 0 Å². The van der Waals surface area contributed by atoms with Crippen molar-refractivity contribution >= 4 is 17.8 Å². The van der Waals surface area contributed by atoms with Gasteiger partial charge in [-0.05, 0) is 87.3 Å². The van der Waals surface area contributed by atoms with Crippen molar-refractivity contribution < 1.29 is 28.6 Å². The number of aromatic carboxylic acids is 1. The van der Waals surface area contributed by atoms with Crippen LogP contribution < -0.4 is 0 Å². The summed E-state index contributed by atoms with van der Waals surface area (Å²) in [6.07, 6.45) is 1.92. The van der Waals surface area contributed by atoms with Crippen LogP contribution in [0, 0.1) is 29.0 Å². The summed E-state index contributed by atoms with van der Waals surface area (Å²) in [4.78, 5) is 39.0. The standard InChI is InChI=1S/C29H31FN2O5/c1-29(2,3)37-28(36)32-23-10-9-21(14-23)26(32)25(33)12-17(16-31)11-20-8-7-19(15-24(20)30)18-5-4-6-22(13-18)27(34)35/h4-8,13,15,17,21,23,26H,9-12,14H2,1-3H3,(H,34,35)/t17-,21+,23-,26+/m1/s1. The number of benzene rings is 2. The predicted octanol–water partition coefficient (Wildman–Crippen LogP) is 5.62. The largest absolute Gasteiger partial charge is 0.478 e. The summed E-state index contributed by atoms with van der Waals surface area (Å²) in [6.45, 7) is 5.35. The molecule has 1 aliphatic heterocycles. The third-order valence-electron chi connectivity index (χ3n) is 7.11. The highest BCUT2D eigenvalue weighted by Crippen LogP contribution is 2.44. The number of piperidine rings is 1. The van der Waals surface area contributed by atoms with Gasteiger partial charge in [0.2, 0.25) is 0 Å². The fraction of sp³-hybridized carbons (Fsp3) is 0.448. The van der Waals surface area contributed by atoms with Gasteiger partial charge < -0.3 is 9.84 Å². The average Bonchev–Trinajstić information content (AvgIpc) is 3.45. The second-order valence-corrected chi connectivity index (χ2v) is 11.0. The number of hydrogen-bond donors (Lipinski definition) is 1. The number of nitriles is 1. The number of nitrogens with zero attached hydrogens (tertiary/aromatic N) is 2. The summed E-state index contributed by atoms with van der Waals surface area (Å²) in [5.41, 5.74) is 0.806. The summed E-state index contributed by atoms with van der Waals surface area (Å²) < 4.78 is 20.6. The number of likely N-dealkylation sites (tertiary alicyclic amines) is 1. The first kappa shape index (κ1) is 26.3. The molecule has 0 spiro atoms. The van der Waals surface area contributed by atoms with E-state index in [-0.39, 0.29) is 36.1 Å². The van der Waals surface area contributed by atoms with Crippen molar-refractivity contribution in [2.75, 3.05) is 0 Å². The van der Waals surface area contributed by atoms with E-state index in [1.54, 1.807) is 49.9 Å². The molecule has 4 rings (SSSR count). The number of amides is 1. The number of ether oxygens (including phenoxy) is 1. The lowest BCUT2D eigenvalue weighted by atomic mass is 9.87. The number of carboxylic acid groups (broad SMARTS) is 1. The number of rotatable bonds is 7. The average molecular weight is 507 g/mol. The Kier molecular flexibility index (Phi) is 7.35. The molecule has 1 N–H and O–H groups in total. The van der Waals surface area contributed by atoms with Crippen molar-refractivity contribution in [3.05, 3.63) is 59.4 Å². The van der Waals surface area contributed by atoms with Gasteiger partial charge in [0.25, 0.3) is 0 Å². The molecule has 194 valence electrons. The SMILES string of the molecule is CC(C)(C)OC(=O)N1[C@@H]2CC[C@@H](C2)[C@H]1C(=O)C[C@H](C#N)Cc1ccc(-c2cccc(C(=O)O)c2)cc1F. The van der Waals surface area contributed by atoms with E-state index in [1.165, 1.54) is 18.2 Å². The van der Waals surface area contributed by atoms with Gasteiger partial charge in [-0.1, -0.05) is 24.3 Å². The van der Waals surface area contributed by atoms with E-state index in [1.807, 2.05) is 0 Å². The van der Waals surface area contributed by atoms with E-state index in [0.717, 1.165) is 19.3 Å². The molecule has 1 aliphatic carbocycles. The van der Waals surface area contributed by atoms with Gasteiger partial charge in [-0.2, -0.15) is 5.26 Å². The van der Waals surface area contributed by atoms with Crippen LogP contribution in [-0.4, -0.2) is 45.5 Å². The molecule has 4 atom stereocenters. The number of carbonyl (C=O) groups is 3. The highest BCUT2D eigenvalue weighted by atomic mass is 19.1. The Morgan fingerprint density at radius 1 is 1.16 bits per heavy atom. The predicted molar refractivity (Wildman–Crippen MR) is 134 cm³/mol. The first-order valence-corrected chi connectivity index (χ1v) is 12.5. The molecule has 0 radical (unpaired) electrons. The minimum Gasteiger partial charge on any atom is -0.478 e. The molecule has 1 amide bonds. The zero-order valence-electron chi connectivity index (χ0n) is 21.2. The fourth-order valence-corrected chi connectivity index (χ4v) is 5.50. The number of Topliss-reactive ketones (excluding diaryl/α,β-unsaturated/α-hetero) is 1. The maximum absolute atomic E-state index is 15.0. The Hall–Kier alpha value is -3.73. The van der Waals surface area contributed by atoms with Crippen molar-refractivity contribution in [3.63, 3.8) is 0 Å². The number of hydrogen-bond acceptors (Lipinski definition) is 5. The maximum atomic E-state index is 15.0. The van der Waals surface area contributed by atoms with Gasteiger partial charge in [-0.25, -0.2) is 14.0 Å². The lowest BCUT2D eigenvalue weighted by Crippen LogP contribution is -2.51. The highest BCUT2D eigenvalue weighted by Gasteiger charge is 2.52. The van der Waals surface area contributed by atoms with Crippen LogP contribution in [0.15, 0.2) is 42.5 Å². The molecule has 0 unspecified atom stereocenters. The molecule has 7 nitrogen and oxygen atoms in total. The number of ketones is 1. The van der Waals surface area contributed by atoms with Crippen LogP contribution >= 0.6 is 0 Å². The van der Waals surface area contributed by atoms with E-state index < -0.39 is 35.4 Å². The third kappa shape index (κ3) is 5.82. The van der Waals surface area contributed by atoms with E-state index in [4.69, 9.17) is 4.74 Å². The van der Waals surface area contributed by atoms with Crippen molar-refractivity contribution in [1.29, 1.82) is 5.26 Å². The van der Waals surface area contributed by atoms with Gasteiger partial charge in [0.05, 0.1) is 23.6 Å².